The topological polar surface area (TPSA) is 17.0 Å². The van der Waals surface area contributed by atoms with Gasteiger partial charge in [0.1, 0.15) is 24.0 Å². The first-order valence-corrected chi connectivity index (χ1v) is 13.8. The molecular formula is C34H33FNO+. The van der Waals surface area contributed by atoms with Crippen molar-refractivity contribution in [1.82, 2.24) is 0 Å². The molecule has 1 unspecified atom stereocenters. The number of hydrogen-bond donors (Lipinski definition) is 0. The van der Waals surface area contributed by atoms with Gasteiger partial charge in [-0.2, -0.15) is 0 Å². The highest BCUT2D eigenvalue weighted by atomic mass is 19.1. The summed E-state index contributed by atoms with van der Waals surface area (Å²) >= 11 is 0. The van der Waals surface area contributed by atoms with Crippen LogP contribution in [0.15, 0.2) is 77.3 Å². The van der Waals surface area contributed by atoms with E-state index in [-0.39, 0.29) is 5.82 Å². The van der Waals surface area contributed by atoms with E-state index in [9.17, 15) is 0 Å². The Balaban J connectivity index is 1.38. The maximum absolute atomic E-state index is 15.5. The highest BCUT2D eigenvalue weighted by Gasteiger charge is 2.44. The van der Waals surface area contributed by atoms with Gasteiger partial charge in [0, 0.05) is 22.9 Å². The molecule has 3 heteroatoms. The predicted molar refractivity (Wildman–Crippen MR) is 148 cm³/mol. The maximum atomic E-state index is 15.5. The summed E-state index contributed by atoms with van der Waals surface area (Å²) in [5, 5.41) is 1.97. The normalized spacial score (nSPS) is 18.9. The molecule has 0 aliphatic heterocycles. The molecule has 2 aliphatic rings. The minimum Gasteiger partial charge on any atom is -0.454 e. The Morgan fingerprint density at radius 1 is 0.811 bits per heavy atom. The molecule has 5 aromatic rings. The maximum Gasteiger partial charge on any atom is 0.216 e. The van der Waals surface area contributed by atoms with E-state index < -0.39 is 0 Å². The molecule has 0 radical (unpaired) electrons. The first kappa shape index (κ1) is 22.7. The zero-order chi connectivity index (χ0) is 25.1. The average Bonchev–Trinajstić information content (AvgIpc) is 3.64. The van der Waals surface area contributed by atoms with Crippen molar-refractivity contribution in [1.29, 1.82) is 0 Å². The number of hydrogen-bond acceptors (Lipinski definition) is 1. The summed E-state index contributed by atoms with van der Waals surface area (Å²) < 4.78 is 24.2. The van der Waals surface area contributed by atoms with E-state index in [2.05, 4.69) is 54.0 Å². The largest absolute Gasteiger partial charge is 0.454 e. The lowest BCUT2D eigenvalue weighted by Crippen LogP contribution is -2.30. The molecule has 2 aliphatic carbocycles. The third-order valence-corrected chi connectivity index (χ3v) is 9.39. The van der Waals surface area contributed by atoms with E-state index in [1.54, 1.807) is 6.07 Å². The number of nitrogens with zero attached hydrogens (tertiary/aromatic N) is 1. The second-order valence-corrected chi connectivity index (χ2v) is 11.4. The average molecular weight is 491 g/mol. The van der Waals surface area contributed by atoms with Crippen LogP contribution in [-0.2, 0) is 7.05 Å². The van der Waals surface area contributed by atoms with Crippen LogP contribution in [0.5, 0.6) is 0 Å². The summed E-state index contributed by atoms with van der Waals surface area (Å²) in [6.45, 7) is 2.11. The van der Waals surface area contributed by atoms with Crippen molar-refractivity contribution < 1.29 is 13.4 Å². The van der Waals surface area contributed by atoms with E-state index in [0.29, 0.717) is 22.5 Å². The first-order chi connectivity index (χ1) is 18.1. The lowest BCUT2D eigenvalue weighted by Gasteiger charge is -2.31. The summed E-state index contributed by atoms with van der Waals surface area (Å²) in [4.78, 5) is 0. The predicted octanol–water partition coefficient (Wildman–Crippen LogP) is 9.02. The van der Waals surface area contributed by atoms with Gasteiger partial charge in [0.25, 0.3) is 0 Å². The number of furan rings is 1. The third kappa shape index (κ3) is 3.47. The molecule has 0 N–H and O–H groups in total. The lowest BCUT2D eigenvalue weighted by atomic mass is 9.73. The first-order valence-electron chi connectivity index (χ1n) is 13.8. The lowest BCUT2D eigenvalue weighted by molar-refractivity contribution is -0.660. The van der Waals surface area contributed by atoms with Crippen LogP contribution in [-0.4, -0.2) is 0 Å². The van der Waals surface area contributed by atoms with Crippen molar-refractivity contribution in [3.8, 4) is 22.4 Å². The smallest absolute Gasteiger partial charge is 0.216 e. The Kier molecular flexibility index (Phi) is 5.25. The van der Waals surface area contributed by atoms with Crippen molar-refractivity contribution in [3.05, 3.63) is 89.9 Å². The van der Waals surface area contributed by atoms with Crippen LogP contribution in [0.2, 0.25) is 0 Å². The monoisotopic (exact) mass is 490 g/mol. The van der Waals surface area contributed by atoms with E-state index >= 15 is 4.39 Å². The van der Waals surface area contributed by atoms with E-state index in [4.69, 9.17) is 4.42 Å². The molecule has 1 atom stereocenters. The minimum atomic E-state index is -0.240. The van der Waals surface area contributed by atoms with E-state index in [0.717, 1.165) is 38.7 Å². The van der Waals surface area contributed by atoms with Crippen molar-refractivity contribution >= 4 is 21.9 Å². The molecule has 0 saturated heterocycles. The van der Waals surface area contributed by atoms with Crippen LogP contribution < -0.4 is 4.57 Å². The quantitative estimate of drug-likeness (QED) is 0.231. The summed E-state index contributed by atoms with van der Waals surface area (Å²) in [5.41, 5.74) is 8.09. The van der Waals surface area contributed by atoms with Gasteiger partial charge in [-0.25, -0.2) is 8.96 Å². The van der Waals surface area contributed by atoms with Gasteiger partial charge in [0.2, 0.25) is 5.69 Å². The zero-order valence-electron chi connectivity index (χ0n) is 21.7. The molecule has 2 fully saturated rings. The molecule has 2 aromatic heterocycles. The second-order valence-electron chi connectivity index (χ2n) is 11.4. The Hall–Kier alpha value is -3.46. The van der Waals surface area contributed by atoms with Crippen LogP contribution >= 0.6 is 0 Å². The molecule has 1 spiro atoms. The van der Waals surface area contributed by atoms with Crippen molar-refractivity contribution in [2.24, 2.45) is 12.5 Å². The SMILES string of the molecule is Cc1ccc2c(oc3c(-c4ccc(C5CCCC56CCCC6)cc4)c(F)ccc32)c1-c1cccc[n+]1C. The molecule has 3 aromatic carbocycles. The number of aryl methyl sites for hydroxylation is 2. The van der Waals surface area contributed by atoms with Gasteiger partial charge in [-0.15, -0.1) is 0 Å². The van der Waals surface area contributed by atoms with Gasteiger partial charge in [-0.3, -0.25) is 0 Å². The fourth-order valence-electron chi connectivity index (χ4n) is 7.57. The van der Waals surface area contributed by atoms with Crippen LogP contribution in [0.4, 0.5) is 4.39 Å². The van der Waals surface area contributed by atoms with Gasteiger partial charge in [0.15, 0.2) is 6.20 Å². The fraction of sp³-hybridized carbons (Fsp3) is 0.324. The number of fused-ring (bicyclic) bond motifs is 3. The Morgan fingerprint density at radius 2 is 1.51 bits per heavy atom. The van der Waals surface area contributed by atoms with Crippen molar-refractivity contribution in [2.75, 3.05) is 0 Å². The molecule has 2 nitrogen and oxygen atoms in total. The number of aromatic nitrogens is 1. The van der Waals surface area contributed by atoms with Gasteiger partial charge in [0.05, 0.1) is 11.1 Å². The summed E-state index contributed by atoms with van der Waals surface area (Å²) in [5.74, 6) is 0.406. The highest BCUT2D eigenvalue weighted by molar-refractivity contribution is 6.13. The molecular weight excluding hydrogens is 457 g/mol. The van der Waals surface area contributed by atoms with E-state index in [1.807, 2.05) is 31.4 Å². The van der Waals surface area contributed by atoms with E-state index in [1.165, 1.54) is 50.5 Å². The number of benzene rings is 3. The number of rotatable bonds is 3. The number of pyridine rings is 1. The van der Waals surface area contributed by atoms with Crippen LogP contribution in [0.3, 0.4) is 0 Å². The van der Waals surface area contributed by atoms with Crippen LogP contribution in [0.1, 0.15) is 62.0 Å². The Bertz CT molecular complexity index is 1630. The van der Waals surface area contributed by atoms with Gasteiger partial charge in [-0.05, 0) is 78.8 Å². The number of halogens is 1. The Labute approximate surface area is 217 Å². The van der Waals surface area contributed by atoms with Gasteiger partial charge < -0.3 is 4.42 Å². The molecule has 0 amide bonds. The molecule has 186 valence electrons. The highest BCUT2D eigenvalue weighted by Crippen LogP contribution is 2.58. The standard InChI is InChI=1S/C34H33FNO/c1-22-10-15-25-26-16-17-28(35)31(33(26)37-32(25)30(22)29-9-3-6-21-36(29)2)24-13-11-23(12-14-24)27-8-7-20-34(27)18-4-5-19-34/h3,6,9-17,21,27H,4-5,7-8,18-20H2,1-2H3/q+1. The van der Waals surface area contributed by atoms with Gasteiger partial charge in [-0.1, -0.05) is 55.7 Å². The zero-order valence-corrected chi connectivity index (χ0v) is 21.7. The Morgan fingerprint density at radius 3 is 2.27 bits per heavy atom. The van der Waals surface area contributed by atoms with Gasteiger partial charge >= 0.3 is 0 Å². The summed E-state index contributed by atoms with van der Waals surface area (Å²) in [6.07, 6.45) is 11.5. The molecule has 0 bridgehead atoms. The van der Waals surface area contributed by atoms with Crippen LogP contribution in [0, 0.1) is 18.2 Å². The van der Waals surface area contributed by atoms with Crippen LogP contribution in [0.25, 0.3) is 44.3 Å². The fourth-order valence-corrected chi connectivity index (χ4v) is 7.57. The molecule has 37 heavy (non-hydrogen) atoms. The molecule has 2 heterocycles. The second kappa shape index (κ2) is 8.55. The molecule has 7 rings (SSSR count). The molecule has 2 saturated carbocycles. The third-order valence-electron chi connectivity index (χ3n) is 9.39. The summed E-state index contributed by atoms with van der Waals surface area (Å²) in [7, 11) is 2.04. The van der Waals surface area contributed by atoms with Crippen molar-refractivity contribution in [3.63, 3.8) is 0 Å². The van der Waals surface area contributed by atoms with Crippen molar-refractivity contribution in [2.45, 2.75) is 57.8 Å². The minimum absolute atomic E-state index is 0.240. The summed E-state index contributed by atoms with van der Waals surface area (Å²) in [6, 6.07) is 22.6.